The van der Waals surface area contributed by atoms with E-state index in [9.17, 15) is 22.8 Å². The van der Waals surface area contributed by atoms with Crippen LogP contribution in [0.5, 0.6) is 11.5 Å². The van der Waals surface area contributed by atoms with Crippen LogP contribution >= 0.6 is 0 Å². The molecule has 0 bridgehead atoms. The molecule has 0 saturated carbocycles. The first-order chi connectivity index (χ1) is 39.7. The molecule has 6 atom stereocenters. The van der Waals surface area contributed by atoms with Gasteiger partial charge in [-0.25, -0.2) is 19.9 Å². The number of imidazole rings is 2. The molecule has 0 radical (unpaired) electrons. The van der Waals surface area contributed by atoms with Gasteiger partial charge in [-0.05, 0) is 71.2 Å². The number of amides is 2. The molecule has 25 heteroatoms. The van der Waals surface area contributed by atoms with Crippen LogP contribution in [0.4, 0.5) is 11.8 Å². The first-order valence-corrected chi connectivity index (χ1v) is 31.4. The lowest BCUT2D eigenvalue weighted by molar-refractivity contribution is -0.118. The summed E-state index contributed by atoms with van der Waals surface area (Å²) >= 11 is 0. The zero-order valence-electron chi connectivity index (χ0n) is 47.4. The van der Waals surface area contributed by atoms with Gasteiger partial charge in [0.25, 0.3) is 11.5 Å². The van der Waals surface area contributed by atoms with E-state index in [4.69, 9.17) is 32.3 Å². The molecule has 0 unspecified atom stereocenters. The highest BCUT2D eigenvalue weighted by Crippen LogP contribution is 2.45. The molecule has 0 aliphatic carbocycles. The van der Waals surface area contributed by atoms with Crippen LogP contribution < -0.4 is 30.4 Å². The van der Waals surface area contributed by atoms with Gasteiger partial charge < -0.3 is 33.4 Å². The number of nitrogens with one attached hydrogen (secondary N) is 4. The fourth-order valence-electron chi connectivity index (χ4n) is 9.93. The molecular weight excluding hydrogens is 1100 g/mol. The highest BCUT2D eigenvalue weighted by atomic mass is 32.2. The summed E-state index contributed by atoms with van der Waals surface area (Å²) in [5.41, 5.74) is 1.49. The Hall–Kier alpha value is -7.75. The van der Waals surface area contributed by atoms with E-state index < -0.39 is 85.0 Å². The molecule has 4 aromatic carbocycles. The highest BCUT2D eigenvalue weighted by molar-refractivity contribution is 7.84. The topological polar surface area (TPSA) is 276 Å². The Morgan fingerprint density at radius 2 is 1.37 bits per heavy atom. The van der Waals surface area contributed by atoms with Crippen molar-refractivity contribution >= 4 is 64.5 Å². The van der Waals surface area contributed by atoms with Crippen LogP contribution in [0, 0.1) is 5.92 Å². The Balaban J connectivity index is 0.964. The van der Waals surface area contributed by atoms with Crippen molar-refractivity contribution in [3.8, 4) is 11.5 Å². The molecular formula is C58H67N11O12SSi. The minimum absolute atomic E-state index is 0.00438. The van der Waals surface area contributed by atoms with Gasteiger partial charge in [-0.15, -0.1) is 0 Å². The summed E-state index contributed by atoms with van der Waals surface area (Å²) in [6.07, 6.45) is 0.107. The van der Waals surface area contributed by atoms with Gasteiger partial charge in [0, 0.05) is 24.3 Å². The molecule has 2 amide bonds. The van der Waals surface area contributed by atoms with Crippen LogP contribution in [-0.4, -0.2) is 119 Å². The van der Waals surface area contributed by atoms with Crippen LogP contribution in [-0.2, 0) is 43.5 Å². The minimum Gasteiger partial charge on any atom is -0.497 e. The van der Waals surface area contributed by atoms with Gasteiger partial charge in [0.05, 0.1) is 58.3 Å². The van der Waals surface area contributed by atoms with E-state index in [1.807, 2.05) is 84.9 Å². The third-order valence-corrected chi connectivity index (χ3v) is 20.9. The number of carbonyl (C=O) groups is 2. The van der Waals surface area contributed by atoms with Crippen LogP contribution in [0.25, 0.3) is 22.3 Å². The van der Waals surface area contributed by atoms with Crippen molar-refractivity contribution < 1.29 is 50.3 Å². The average Bonchev–Trinajstić information content (AvgIpc) is 2.46. The molecule has 0 spiro atoms. The van der Waals surface area contributed by atoms with Gasteiger partial charge >= 0.3 is 10.3 Å². The van der Waals surface area contributed by atoms with Crippen LogP contribution in [0.3, 0.4) is 0 Å². The van der Waals surface area contributed by atoms with Gasteiger partial charge in [0.2, 0.25) is 11.9 Å². The second kappa shape index (κ2) is 23.8. The number of aromatic amines is 1. The Labute approximate surface area is 480 Å². The van der Waals surface area contributed by atoms with Crippen molar-refractivity contribution in [1.82, 2.24) is 43.8 Å². The number of hydrogen-bond donors (Lipinski definition) is 4. The molecule has 83 heavy (non-hydrogen) atoms. The number of aromatic nitrogens is 8. The second-order valence-electron chi connectivity index (χ2n) is 22.2. The Bertz CT molecular complexity index is 3720. The van der Waals surface area contributed by atoms with Crippen LogP contribution in [0.2, 0.25) is 18.1 Å². The van der Waals surface area contributed by atoms with Crippen LogP contribution in [0.15, 0.2) is 133 Å². The normalized spacial score (nSPS) is 19.6. The number of ether oxygens (including phenoxy) is 5. The Kier molecular flexibility index (Phi) is 16.8. The molecule has 2 aliphatic heterocycles. The van der Waals surface area contributed by atoms with E-state index in [-0.39, 0.29) is 58.8 Å². The predicted octanol–water partition coefficient (Wildman–Crippen LogP) is 8.02. The first kappa shape index (κ1) is 58.4. The molecule has 10 rings (SSSR count). The predicted molar refractivity (Wildman–Crippen MR) is 311 cm³/mol. The molecule has 8 aromatic rings. The lowest BCUT2D eigenvalue weighted by Gasteiger charge is -2.39. The number of nitrogens with zero attached hydrogens (tertiary/aromatic N) is 7. The molecule has 4 aromatic heterocycles. The van der Waals surface area contributed by atoms with Crippen molar-refractivity contribution in [3.63, 3.8) is 0 Å². The number of rotatable bonds is 21. The molecule has 2 fully saturated rings. The molecule has 4 N–H and O–H groups in total. The summed E-state index contributed by atoms with van der Waals surface area (Å²) in [4.78, 5) is 64.3. The maximum absolute atomic E-state index is 14.6. The summed E-state index contributed by atoms with van der Waals surface area (Å²) in [7, 11) is -4.00. The molecule has 2 saturated heterocycles. The lowest BCUT2D eigenvalue weighted by Crippen LogP contribution is -2.45. The number of fused-ring (bicyclic) bond motifs is 2. The average molecular weight is 1170 g/mol. The monoisotopic (exact) mass is 1170 g/mol. The van der Waals surface area contributed by atoms with Crippen molar-refractivity contribution in [3.05, 3.63) is 161 Å². The third kappa shape index (κ3) is 12.3. The number of carbonyl (C=O) groups excluding carboxylic acids is 2. The van der Waals surface area contributed by atoms with Gasteiger partial charge in [0.15, 0.2) is 42.7 Å². The van der Waals surface area contributed by atoms with Crippen molar-refractivity contribution in [2.75, 3.05) is 38.1 Å². The highest BCUT2D eigenvalue weighted by Gasteiger charge is 2.48. The number of anilines is 2. The molecule has 23 nitrogen and oxygen atoms in total. The fraction of sp³-hybridized carbons (Fsp3) is 0.379. The SMILES string of the molecule is COc1ccc(C(OC[C@H]2O[C@@H](n3cnc4c(NC(=O)c5ccccc5)ncnc43)C[C@@H]2NS(=O)(=O)OC[C@@H]2C[C@@H](O[Si](C)(C)C(C)(C)C)[C@H](n3cnc4c(=O)[nH]c(NC(=O)C(C)C)nc43)O2)(c2ccccc2)c2ccc(OC)cc2)cc1. The zero-order valence-corrected chi connectivity index (χ0v) is 49.2. The third-order valence-electron chi connectivity index (χ3n) is 15.4. The summed E-state index contributed by atoms with van der Waals surface area (Å²) < 4.78 is 79.9. The largest absolute Gasteiger partial charge is 0.497 e. The van der Waals surface area contributed by atoms with E-state index in [1.165, 1.54) is 19.0 Å². The summed E-state index contributed by atoms with van der Waals surface area (Å²) in [5.74, 6) is 0.203. The van der Waals surface area contributed by atoms with Crippen LogP contribution in [0.1, 0.15) is 87.0 Å². The van der Waals surface area contributed by atoms with Gasteiger partial charge in [-0.2, -0.15) is 18.1 Å². The molecule has 2 aliphatic rings. The second-order valence-corrected chi connectivity index (χ2v) is 28.3. The Morgan fingerprint density at radius 1 is 0.759 bits per heavy atom. The number of benzene rings is 4. The smallest absolute Gasteiger partial charge is 0.336 e. The van der Waals surface area contributed by atoms with E-state index in [1.54, 1.807) is 61.5 Å². The first-order valence-electron chi connectivity index (χ1n) is 27.1. The van der Waals surface area contributed by atoms with Crippen molar-refractivity contribution in [2.24, 2.45) is 5.92 Å². The maximum atomic E-state index is 14.6. The minimum atomic E-state index is -4.64. The van der Waals surface area contributed by atoms with E-state index in [0.29, 0.717) is 22.7 Å². The van der Waals surface area contributed by atoms with Gasteiger partial charge in [-0.1, -0.05) is 107 Å². The maximum Gasteiger partial charge on any atom is 0.336 e. The van der Waals surface area contributed by atoms with E-state index in [0.717, 1.165) is 16.7 Å². The van der Waals surface area contributed by atoms with Crippen molar-refractivity contribution in [1.29, 1.82) is 0 Å². The van der Waals surface area contributed by atoms with Crippen molar-refractivity contribution in [2.45, 2.75) is 108 Å². The fourth-order valence-corrected chi connectivity index (χ4v) is 12.3. The number of methoxy groups -OCH3 is 2. The quantitative estimate of drug-likeness (QED) is 0.0391. The van der Waals surface area contributed by atoms with Gasteiger partial charge in [-0.3, -0.25) is 38.0 Å². The lowest BCUT2D eigenvalue weighted by atomic mass is 9.80. The summed E-state index contributed by atoms with van der Waals surface area (Å²) in [6.45, 7) is 13.3. The van der Waals surface area contributed by atoms with E-state index >= 15 is 0 Å². The Morgan fingerprint density at radius 3 is 2.00 bits per heavy atom. The molecule has 6 heterocycles. The molecule has 436 valence electrons. The van der Waals surface area contributed by atoms with Gasteiger partial charge in [0.1, 0.15) is 35.8 Å². The number of H-pyrrole nitrogens is 1. The number of hydrogen-bond acceptors (Lipinski definition) is 17. The standard InChI is InChI=1S/C58H67N11O12SSi/c1-35(2)52(70)65-56-64-51-48(54(72)66-56)62-34-69(51)55-44(81-83(8,9)57(3,4)5)28-42(79-55)30-78-82(73,74)67-43-29-46(68-33-61-47-49(59-32-60-50(47)68)63-53(71)36-16-12-10-13-17-36)80-45(43)31-77-58(37-18-14-11-15-19-37,38-20-24-40(75-6)25-21-38)39-22-26-41(76-7)27-23-39/h10-27,32-35,42-46,55,67H,28-31H2,1-9H3,(H,59,60,63,71)(H2,64,65,66,70,72)/t42-,43-,44+,45+,46+,55+/m0/s1. The summed E-state index contributed by atoms with van der Waals surface area (Å²) in [6, 6.07) is 32.4. The van der Waals surface area contributed by atoms with E-state index in [2.05, 4.69) is 79.1 Å². The zero-order chi connectivity index (χ0) is 58.8. The summed E-state index contributed by atoms with van der Waals surface area (Å²) in [5, 5.41) is 5.26.